The summed E-state index contributed by atoms with van der Waals surface area (Å²) in [7, 11) is 0. The number of aliphatic hydroxyl groups excluding tert-OH is 2. The molecule has 2 unspecified atom stereocenters. The Labute approximate surface area is 335 Å². The minimum absolute atomic E-state index is 0.0144. The molecule has 0 saturated carbocycles. The SMILES string of the molecule is CCCCCCCCC(CCCCCC)C(=O)OCCCCCCN(CCCO)C[C@@H](O)CCCCOC(=O)C(CCCCCC)CCCCCCCC. The van der Waals surface area contributed by atoms with Gasteiger partial charge in [0.15, 0.2) is 0 Å². The van der Waals surface area contributed by atoms with Crippen LogP contribution in [0, 0.1) is 11.8 Å². The van der Waals surface area contributed by atoms with Gasteiger partial charge >= 0.3 is 11.9 Å². The van der Waals surface area contributed by atoms with Crippen molar-refractivity contribution in [3.63, 3.8) is 0 Å². The van der Waals surface area contributed by atoms with Crippen LogP contribution in [-0.4, -0.2) is 72.6 Å². The lowest BCUT2D eigenvalue weighted by atomic mass is 9.94. The maximum absolute atomic E-state index is 13.0. The van der Waals surface area contributed by atoms with Crippen molar-refractivity contribution in [2.45, 2.75) is 239 Å². The molecule has 7 heteroatoms. The van der Waals surface area contributed by atoms with E-state index < -0.39 is 6.10 Å². The van der Waals surface area contributed by atoms with Crippen LogP contribution in [0.3, 0.4) is 0 Å². The van der Waals surface area contributed by atoms with Crippen LogP contribution in [0.4, 0.5) is 0 Å². The van der Waals surface area contributed by atoms with Crippen molar-refractivity contribution in [1.29, 1.82) is 0 Å². The maximum atomic E-state index is 13.0. The topological polar surface area (TPSA) is 96.3 Å². The maximum Gasteiger partial charge on any atom is 0.308 e. The molecular formula is C47H93NO6. The predicted octanol–water partition coefficient (Wildman–Crippen LogP) is 12.5. The molecule has 0 heterocycles. The number of carbonyl (C=O) groups is 2. The Morgan fingerprint density at radius 2 is 0.778 bits per heavy atom. The normalized spacial score (nSPS) is 13.3. The average molecular weight is 768 g/mol. The van der Waals surface area contributed by atoms with Crippen molar-refractivity contribution in [2.24, 2.45) is 11.8 Å². The van der Waals surface area contributed by atoms with E-state index in [1.807, 2.05) is 0 Å². The van der Waals surface area contributed by atoms with Crippen molar-refractivity contribution in [2.75, 3.05) is 39.5 Å². The highest BCUT2D eigenvalue weighted by molar-refractivity contribution is 5.72. The quantitative estimate of drug-likeness (QED) is 0.0471. The molecule has 0 aromatic carbocycles. The summed E-state index contributed by atoms with van der Waals surface area (Å²) >= 11 is 0. The molecule has 54 heavy (non-hydrogen) atoms. The summed E-state index contributed by atoms with van der Waals surface area (Å²) < 4.78 is 11.5. The molecule has 0 spiro atoms. The van der Waals surface area contributed by atoms with Crippen molar-refractivity contribution < 1.29 is 29.3 Å². The highest BCUT2D eigenvalue weighted by Gasteiger charge is 2.21. The summed E-state index contributed by atoms with van der Waals surface area (Å²) in [5.41, 5.74) is 0. The second-order valence-corrected chi connectivity index (χ2v) is 16.5. The molecule has 0 aliphatic rings. The number of esters is 2. The zero-order chi connectivity index (χ0) is 39.7. The molecule has 0 aromatic rings. The highest BCUT2D eigenvalue weighted by atomic mass is 16.5. The van der Waals surface area contributed by atoms with Crippen molar-refractivity contribution >= 4 is 11.9 Å². The van der Waals surface area contributed by atoms with E-state index in [1.54, 1.807) is 0 Å². The van der Waals surface area contributed by atoms with Gasteiger partial charge in [-0.3, -0.25) is 9.59 Å². The summed E-state index contributed by atoms with van der Waals surface area (Å²) in [5.74, 6) is 0.102. The zero-order valence-corrected chi connectivity index (χ0v) is 36.6. The number of unbranched alkanes of at least 4 members (excludes halogenated alkanes) is 20. The molecule has 0 aliphatic carbocycles. The summed E-state index contributed by atoms with van der Waals surface area (Å²) in [5, 5.41) is 20.3. The molecule has 0 aromatic heterocycles. The Balaban J connectivity index is 4.41. The van der Waals surface area contributed by atoms with Gasteiger partial charge in [0, 0.05) is 19.7 Å². The summed E-state index contributed by atoms with van der Waals surface area (Å²) in [6, 6.07) is 0. The minimum atomic E-state index is -0.427. The highest BCUT2D eigenvalue weighted by Crippen LogP contribution is 2.22. The molecule has 0 saturated heterocycles. The molecule has 2 N–H and O–H groups in total. The second kappa shape index (κ2) is 41.5. The number of rotatable bonds is 43. The number of aliphatic hydroxyl groups is 2. The number of carbonyl (C=O) groups excluding carboxylic acids is 2. The summed E-state index contributed by atoms with van der Waals surface area (Å²) in [6.07, 6.45) is 34.9. The minimum Gasteiger partial charge on any atom is -0.465 e. The first-order chi connectivity index (χ1) is 26.4. The summed E-state index contributed by atoms with van der Waals surface area (Å²) in [6.45, 7) is 12.3. The Kier molecular flexibility index (Phi) is 40.5. The van der Waals surface area contributed by atoms with E-state index in [-0.39, 0.29) is 30.4 Å². The molecule has 0 fully saturated rings. The molecule has 0 rings (SSSR count). The third-order valence-corrected chi connectivity index (χ3v) is 11.2. The van der Waals surface area contributed by atoms with Gasteiger partial charge in [-0.15, -0.1) is 0 Å². The molecule has 0 amide bonds. The van der Waals surface area contributed by atoms with E-state index in [4.69, 9.17) is 9.47 Å². The number of hydrogen-bond donors (Lipinski definition) is 2. The lowest BCUT2D eigenvalue weighted by Crippen LogP contribution is -2.34. The lowest BCUT2D eigenvalue weighted by molar-refractivity contribution is -0.150. The van der Waals surface area contributed by atoms with Gasteiger partial charge in [-0.25, -0.2) is 0 Å². The third-order valence-electron chi connectivity index (χ3n) is 11.2. The molecule has 7 nitrogen and oxygen atoms in total. The Morgan fingerprint density at radius 3 is 1.22 bits per heavy atom. The van der Waals surface area contributed by atoms with Gasteiger partial charge in [-0.1, -0.05) is 169 Å². The molecule has 0 radical (unpaired) electrons. The van der Waals surface area contributed by atoms with Crippen LogP contribution in [0.2, 0.25) is 0 Å². The van der Waals surface area contributed by atoms with Crippen molar-refractivity contribution in [3.8, 4) is 0 Å². The Morgan fingerprint density at radius 1 is 0.444 bits per heavy atom. The molecule has 0 bridgehead atoms. The smallest absolute Gasteiger partial charge is 0.308 e. The van der Waals surface area contributed by atoms with E-state index in [9.17, 15) is 19.8 Å². The fraction of sp³-hybridized carbons (Fsp3) is 0.957. The van der Waals surface area contributed by atoms with Crippen molar-refractivity contribution in [3.05, 3.63) is 0 Å². The first-order valence-corrected chi connectivity index (χ1v) is 23.8. The van der Waals surface area contributed by atoms with Crippen LogP contribution in [-0.2, 0) is 19.1 Å². The van der Waals surface area contributed by atoms with Gasteiger partial charge < -0.3 is 24.6 Å². The number of hydrogen-bond acceptors (Lipinski definition) is 7. The first-order valence-electron chi connectivity index (χ1n) is 23.8. The number of ether oxygens (including phenoxy) is 2. The molecular weight excluding hydrogens is 675 g/mol. The first kappa shape index (κ1) is 52.8. The fourth-order valence-corrected chi connectivity index (χ4v) is 7.57. The number of nitrogens with zero attached hydrogens (tertiary/aromatic N) is 1. The predicted molar refractivity (Wildman–Crippen MR) is 229 cm³/mol. The van der Waals surface area contributed by atoms with E-state index in [1.165, 1.54) is 103 Å². The van der Waals surface area contributed by atoms with Crippen LogP contribution in [0.15, 0.2) is 0 Å². The lowest BCUT2D eigenvalue weighted by Gasteiger charge is -2.25. The van der Waals surface area contributed by atoms with Gasteiger partial charge in [0.05, 0.1) is 31.2 Å². The van der Waals surface area contributed by atoms with Gasteiger partial charge in [0.1, 0.15) is 0 Å². The van der Waals surface area contributed by atoms with Crippen LogP contribution >= 0.6 is 0 Å². The fourth-order valence-electron chi connectivity index (χ4n) is 7.57. The largest absolute Gasteiger partial charge is 0.465 e. The van der Waals surface area contributed by atoms with Crippen LogP contribution in [0.5, 0.6) is 0 Å². The average Bonchev–Trinajstić information content (AvgIpc) is 3.17. The summed E-state index contributed by atoms with van der Waals surface area (Å²) in [4.78, 5) is 28.2. The van der Waals surface area contributed by atoms with E-state index in [0.717, 1.165) is 103 Å². The van der Waals surface area contributed by atoms with Crippen molar-refractivity contribution in [1.82, 2.24) is 4.90 Å². The van der Waals surface area contributed by atoms with E-state index in [0.29, 0.717) is 32.6 Å². The zero-order valence-electron chi connectivity index (χ0n) is 36.6. The molecule has 0 aliphatic heterocycles. The third kappa shape index (κ3) is 34.1. The van der Waals surface area contributed by atoms with Gasteiger partial charge in [0.2, 0.25) is 0 Å². The van der Waals surface area contributed by atoms with Gasteiger partial charge in [-0.2, -0.15) is 0 Å². The van der Waals surface area contributed by atoms with Crippen LogP contribution in [0.25, 0.3) is 0 Å². The second-order valence-electron chi connectivity index (χ2n) is 16.5. The molecule has 3 atom stereocenters. The van der Waals surface area contributed by atoms with E-state index in [2.05, 4.69) is 32.6 Å². The van der Waals surface area contributed by atoms with Gasteiger partial charge in [-0.05, 0) is 70.8 Å². The monoisotopic (exact) mass is 768 g/mol. The Hall–Kier alpha value is -1.18. The Bertz CT molecular complexity index is 794. The van der Waals surface area contributed by atoms with Crippen LogP contribution in [0.1, 0.15) is 233 Å². The standard InChI is InChI=1S/C47H93NO6/c1-5-9-13-17-19-25-34-43(32-23-15-11-7-3)46(51)53-40-29-22-21-28-37-48(38-31-39-49)42-45(50)36-27-30-41-54-47(52)44(33-24-16-12-8-4)35-26-20-18-14-10-6-2/h43-45,49-50H,5-42H2,1-4H3/t43?,44?,45-/m0/s1. The van der Waals surface area contributed by atoms with Gasteiger partial charge in [0.25, 0.3) is 0 Å². The molecule has 322 valence electrons. The van der Waals surface area contributed by atoms with Crippen LogP contribution < -0.4 is 0 Å². The van der Waals surface area contributed by atoms with E-state index >= 15 is 0 Å².